The van der Waals surface area contributed by atoms with Crippen LogP contribution in [0.2, 0.25) is 10.0 Å². The average molecular weight is 473 g/mol. The molecule has 8 nitrogen and oxygen atoms in total. The predicted molar refractivity (Wildman–Crippen MR) is 127 cm³/mol. The molecule has 0 saturated heterocycles. The largest absolute Gasteiger partial charge is 0.504 e. The highest BCUT2D eigenvalue weighted by atomic mass is 35.5. The summed E-state index contributed by atoms with van der Waals surface area (Å²) in [6, 6.07) is 8.60. The molecule has 1 amide bonds. The molecule has 3 heterocycles. The molecule has 3 aromatic rings. The number of fused-ring (bicyclic) bond motifs is 1. The highest BCUT2D eigenvalue weighted by molar-refractivity contribution is 6.34. The zero-order valence-electron chi connectivity index (χ0n) is 17.2. The van der Waals surface area contributed by atoms with Crippen LogP contribution in [-0.4, -0.2) is 58.4 Å². The van der Waals surface area contributed by atoms with Gasteiger partial charge in [-0.25, -0.2) is 4.98 Å². The van der Waals surface area contributed by atoms with Crippen molar-refractivity contribution in [3.8, 4) is 5.75 Å². The van der Waals surface area contributed by atoms with Crippen LogP contribution in [0, 0.1) is 0 Å². The highest BCUT2D eigenvalue weighted by Gasteiger charge is 2.20. The third-order valence-corrected chi connectivity index (χ3v) is 5.44. The van der Waals surface area contributed by atoms with Crippen molar-refractivity contribution in [1.82, 2.24) is 20.2 Å². The van der Waals surface area contributed by atoms with Crippen molar-refractivity contribution in [1.29, 1.82) is 0 Å². The Morgan fingerprint density at radius 1 is 1.22 bits per heavy atom. The Kier molecular flexibility index (Phi) is 6.92. The number of nitrogens with zero attached hydrogens (tertiary/aromatic N) is 4. The summed E-state index contributed by atoms with van der Waals surface area (Å²) in [5.41, 5.74) is 0.948. The van der Waals surface area contributed by atoms with Gasteiger partial charge in [0.05, 0.1) is 12.9 Å². The Labute approximate surface area is 195 Å². The van der Waals surface area contributed by atoms with Gasteiger partial charge in [0.15, 0.2) is 11.4 Å². The SMILES string of the molecule is O=C(NCc1cc(Cl)cc(Cl)c1)c1nc(NCCCN2C=NCC2)c2cccnc2c1O. The topological polar surface area (TPSA) is 103 Å². The first-order chi connectivity index (χ1) is 15.5. The van der Waals surface area contributed by atoms with E-state index in [2.05, 4.69) is 30.5 Å². The summed E-state index contributed by atoms with van der Waals surface area (Å²) >= 11 is 12.0. The number of hydrogen-bond acceptors (Lipinski definition) is 7. The first-order valence-electron chi connectivity index (χ1n) is 10.2. The fourth-order valence-corrected chi connectivity index (χ4v) is 4.04. The molecule has 1 aromatic carbocycles. The number of benzene rings is 1. The van der Waals surface area contributed by atoms with E-state index in [-0.39, 0.29) is 18.0 Å². The van der Waals surface area contributed by atoms with Crippen LogP contribution in [0.1, 0.15) is 22.5 Å². The molecule has 3 N–H and O–H groups in total. The predicted octanol–water partition coefficient (Wildman–Crippen LogP) is 3.72. The second-order valence-electron chi connectivity index (χ2n) is 7.36. The van der Waals surface area contributed by atoms with Gasteiger partial charge in [-0.2, -0.15) is 0 Å². The third kappa shape index (κ3) is 5.20. The van der Waals surface area contributed by atoms with Crippen LogP contribution in [0.3, 0.4) is 0 Å². The van der Waals surface area contributed by atoms with Gasteiger partial charge in [-0.15, -0.1) is 0 Å². The molecular weight excluding hydrogens is 451 g/mol. The molecule has 0 fully saturated rings. The maximum atomic E-state index is 12.8. The number of rotatable bonds is 8. The summed E-state index contributed by atoms with van der Waals surface area (Å²) in [5.74, 6) is -0.291. The van der Waals surface area contributed by atoms with Gasteiger partial charge in [0.25, 0.3) is 5.91 Å². The van der Waals surface area contributed by atoms with E-state index in [1.165, 1.54) is 0 Å². The third-order valence-electron chi connectivity index (χ3n) is 5.00. The second-order valence-corrected chi connectivity index (χ2v) is 8.23. The summed E-state index contributed by atoms with van der Waals surface area (Å²) in [7, 11) is 0. The minimum Gasteiger partial charge on any atom is -0.504 e. The molecule has 0 radical (unpaired) electrons. The first kappa shape index (κ1) is 22.1. The van der Waals surface area contributed by atoms with Crippen LogP contribution < -0.4 is 10.6 Å². The van der Waals surface area contributed by atoms with Gasteiger partial charge in [0, 0.05) is 47.8 Å². The zero-order valence-corrected chi connectivity index (χ0v) is 18.7. The van der Waals surface area contributed by atoms with Crippen molar-refractivity contribution in [2.75, 3.05) is 31.5 Å². The molecular formula is C22H22Cl2N6O2. The van der Waals surface area contributed by atoms with Crippen molar-refractivity contribution in [3.05, 3.63) is 57.8 Å². The Morgan fingerprint density at radius 3 is 2.78 bits per heavy atom. The van der Waals surface area contributed by atoms with Gasteiger partial charge in [0.2, 0.25) is 0 Å². The lowest BCUT2D eigenvalue weighted by Gasteiger charge is -2.15. The molecule has 166 valence electrons. The molecule has 4 rings (SSSR count). The molecule has 1 aliphatic rings. The quantitative estimate of drug-likeness (QED) is 0.431. The average Bonchev–Trinajstić information content (AvgIpc) is 3.29. The number of aromatic hydroxyl groups is 1. The van der Waals surface area contributed by atoms with E-state index < -0.39 is 5.91 Å². The van der Waals surface area contributed by atoms with Crippen molar-refractivity contribution in [2.24, 2.45) is 4.99 Å². The molecule has 2 aromatic heterocycles. The molecule has 0 unspecified atom stereocenters. The lowest BCUT2D eigenvalue weighted by atomic mass is 10.1. The molecule has 0 saturated carbocycles. The van der Waals surface area contributed by atoms with Crippen molar-refractivity contribution in [2.45, 2.75) is 13.0 Å². The number of pyridine rings is 2. The minimum atomic E-state index is -0.525. The smallest absolute Gasteiger partial charge is 0.274 e. The van der Waals surface area contributed by atoms with E-state index in [1.807, 2.05) is 6.34 Å². The van der Waals surface area contributed by atoms with E-state index in [0.29, 0.717) is 33.3 Å². The molecule has 32 heavy (non-hydrogen) atoms. The van der Waals surface area contributed by atoms with Crippen LogP contribution in [0.5, 0.6) is 5.75 Å². The fraction of sp³-hybridized carbons (Fsp3) is 0.273. The van der Waals surface area contributed by atoms with Crippen LogP contribution >= 0.6 is 23.2 Å². The molecule has 0 aliphatic carbocycles. The van der Waals surface area contributed by atoms with E-state index in [0.717, 1.165) is 31.6 Å². The zero-order chi connectivity index (χ0) is 22.5. The maximum absolute atomic E-state index is 12.8. The monoisotopic (exact) mass is 472 g/mol. The van der Waals surface area contributed by atoms with Gasteiger partial charge >= 0.3 is 0 Å². The summed E-state index contributed by atoms with van der Waals surface area (Å²) in [6.45, 7) is 3.48. The molecule has 0 bridgehead atoms. The number of anilines is 1. The van der Waals surface area contributed by atoms with E-state index in [9.17, 15) is 9.90 Å². The van der Waals surface area contributed by atoms with Gasteiger partial charge < -0.3 is 20.6 Å². The number of carbonyl (C=O) groups excluding carboxylic acids is 1. The fourth-order valence-electron chi connectivity index (χ4n) is 3.47. The van der Waals surface area contributed by atoms with Crippen molar-refractivity contribution >= 4 is 52.2 Å². The number of amides is 1. The standard InChI is InChI=1S/C22H22Cl2N6O2/c23-15-9-14(10-16(24)11-15)12-28-22(32)19-20(31)18-17(3-1-4-26-18)21(29-19)27-5-2-7-30-8-6-25-13-30/h1,3-4,9-11,13,31H,2,5-8,12H2,(H,27,29)(H,28,32). The number of hydrogen-bond donors (Lipinski definition) is 3. The number of halogens is 2. The van der Waals surface area contributed by atoms with Gasteiger partial charge in [-0.05, 0) is 42.3 Å². The summed E-state index contributed by atoms with van der Waals surface area (Å²) < 4.78 is 0. The summed E-state index contributed by atoms with van der Waals surface area (Å²) in [6.07, 6.45) is 4.30. The van der Waals surface area contributed by atoms with Crippen molar-refractivity contribution < 1.29 is 9.90 Å². The highest BCUT2D eigenvalue weighted by Crippen LogP contribution is 2.30. The Bertz CT molecular complexity index is 1150. The summed E-state index contributed by atoms with van der Waals surface area (Å²) in [4.78, 5) is 27.9. The van der Waals surface area contributed by atoms with E-state index in [1.54, 1.807) is 36.5 Å². The Hall–Kier alpha value is -3.10. The lowest BCUT2D eigenvalue weighted by Crippen LogP contribution is -2.25. The summed E-state index contributed by atoms with van der Waals surface area (Å²) in [5, 5.41) is 18.3. The van der Waals surface area contributed by atoms with Crippen LogP contribution in [0.25, 0.3) is 10.9 Å². The number of aromatic nitrogens is 2. The minimum absolute atomic E-state index is 0.0986. The van der Waals surface area contributed by atoms with Crippen molar-refractivity contribution in [3.63, 3.8) is 0 Å². The normalized spacial score (nSPS) is 13.0. The molecule has 0 atom stereocenters. The lowest BCUT2D eigenvalue weighted by molar-refractivity contribution is 0.0943. The maximum Gasteiger partial charge on any atom is 0.274 e. The van der Waals surface area contributed by atoms with Crippen LogP contribution in [-0.2, 0) is 6.54 Å². The van der Waals surface area contributed by atoms with Crippen LogP contribution in [0.15, 0.2) is 41.5 Å². The Balaban J connectivity index is 1.50. The Morgan fingerprint density at radius 2 is 2.03 bits per heavy atom. The van der Waals surface area contributed by atoms with E-state index >= 15 is 0 Å². The molecule has 1 aliphatic heterocycles. The van der Waals surface area contributed by atoms with Gasteiger partial charge in [-0.3, -0.25) is 14.8 Å². The number of nitrogens with one attached hydrogen (secondary N) is 2. The molecule has 0 spiro atoms. The van der Waals surface area contributed by atoms with Crippen LogP contribution in [0.4, 0.5) is 5.82 Å². The number of carbonyl (C=O) groups is 1. The first-order valence-corrected chi connectivity index (χ1v) is 11.0. The molecule has 10 heteroatoms. The van der Waals surface area contributed by atoms with Gasteiger partial charge in [0.1, 0.15) is 11.3 Å². The second kappa shape index (κ2) is 10.0. The van der Waals surface area contributed by atoms with E-state index in [4.69, 9.17) is 23.2 Å². The van der Waals surface area contributed by atoms with Gasteiger partial charge in [-0.1, -0.05) is 23.2 Å². The number of aliphatic imine (C=N–C) groups is 1.